The molecule has 1 aromatic carbocycles. The molecule has 20 heavy (non-hydrogen) atoms. The molecule has 0 aromatic heterocycles. The Hall–Kier alpha value is -1.11. The molecule has 0 spiro atoms. The van der Waals surface area contributed by atoms with Gasteiger partial charge in [0.1, 0.15) is 0 Å². The number of piperidine rings is 1. The number of ether oxygens (including phenoxy) is 1. The van der Waals surface area contributed by atoms with Crippen molar-refractivity contribution in [2.75, 3.05) is 13.7 Å². The van der Waals surface area contributed by atoms with Crippen LogP contribution in [-0.2, 0) is 9.53 Å². The fourth-order valence-corrected chi connectivity index (χ4v) is 2.87. The van der Waals surface area contributed by atoms with Crippen molar-refractivity contribution in [1.29, 1.82) is 0 Å². The highest BCUT2D eigenvalue weighted by Crippen LogP contribution is 2.22. The van der Waals surface area contributed by atoms with Crippen LogP contribution in [0.1, 0.15) is 36.0 Å². The van der Waals surface area contributed by atoms with E-state index in [4.69, 9.17) is 4.74 Å². The van der Waals surface area contributed by atoms with E-state index in [1.807, 2.05) is 29.2 Å². The number of methoxy groups -OCH3 is 1. The van der Waals surface area contributed by atoms with Crippen molar-refractivity contribution >= 4 is 34.5 Å². The normalized spacial score (nSPS) is 18.7. The van der Waals surface area contributed by atoms with E-state index in [0.717, 1.165) is 22.8 Å². The van der Waals surface area contributed by atoms with Crippen LogP contribution < -0.4 is 0 Å². The topological polar surface area (TPSA) is 46.6 Å². The summed E-state index contributed by atoms with van der Waals surface area (Å²) in [7, 11) is 1.39. The van der Waals surface area contributed by atoms with Gasteiger partial charge < -0.3 is 9.64 Å². The summed E-state index contributed by atoms with van der Waals surface area (Å²) in [5.74, 6) is -0.243. The van der Waals surface area contributed by atoms with E-state index in [1.54, 1.807) is 0 Å². The summed E-state index contributed by atoms with van der Waals surface area (Å²) in [5, 5.41) is 0. The minimum Gasteiger partial charge on any atom is -0.469 e. The van der Waals surface area contributed by atoms with E-state index in [1.165, 1.54) is 7.11 Å². The molecule has 1 amide bonds. The molecule has 108 valence electrons. The van der Waals surface area contributed by atoms with E-state index in [2.05, 4.69) is 22.6 Å². The number of benzene rings is 1. The monoisotopic (exact) mass is 387 g/mol. The average Bonchev–Trinajstić information content (AvgIpc) is 2.48. The molecule has 1 saturated heterocycles. The van der Waals surface area contributed by atoms with Crippen LogP contribution in [0.5, 0.6) is 0 Å². The molecule has 1 heterocycles. The molecule has 0 aliphatic carbocycles. The zero-order valence-corrected chi connectivity index (χ0v) is 13.6. The van der Waals surface area contributed by atoms with Crippen molar-refractivity contribution in [3.05, 3.63) is 33.4 Å². The van der Waals surface area contributed by atoms with Crippen molar-refractivity contribution in [2.24, 2.45) is 0 Å². The first-order valence-corrected chi connectivity index (χ1v) is 7.83. The lowest BCUT2D eigenvalue weighted by atomic mass is 9.98. The zero-order valence-electron chi connectivity index (χ0n) is 11.5. The third kappa shape index (κ3) is 3.71. The second kappa shape index (κ2) is 7.06. The van der Waals surface area contributed by atoms with Crippen LogP contribution in [0.25, 0.3) is 0 Å². The summed E-state index contributed by atoms with van der Waals surface area (Å²) in [6, 6.07) is 7.49. The van der Waals surface area contributed by atoms with Crippen LogP contribution in [0.15, 0.2) is 24.3 Å². The molecule has 1 aliphatic rings. The number of rotatable bonds is 3. The number of likely N-dealkylation sites (tertiary alicyclic amines) is 1. The van der Waals surface area contributed by atoms with Gasteiger partial charge in [-0.15, -0.1) is 0 Å². The summed E-state index contributed by atoms with van der Waals surface area (Å²) in [6.45, 7) is 0.715. The van der Waals surface area contributed by atoms with Gasteiger partial charge in [0.05, 0.1) is 13.5 Å². The van der Waals surface area contributed by atoms with Crippen LogP contribution in [0, 0.1) is 3.57 Å². The third-order valence-electron chi connectivity index (χ3n) is 3.61. The van der Waals surface area contributed by atoms with Gasteiger partial charge in [-0.05, 0) is 66.1 Å². The van der Waals surface area contributed by atoms with Crippen molar-refractivity contribution in [2.45, 2.75) is 31.7 Å². The Labute approximate surface area is 132 Å². The number of carbonyl (C=O) groups is 2. The summed E-state index contributed by atoms with van der Waals surface area (Å²) < 4.78 is 5.83. The van der Waals surface area contributed by atoms with Crippen LogP contribution in [0.4, 0.5) is 0 Å². The minimum atomic E-state index is -0.252. The van der Waals surface area contributed by atoms with Gasteiger partial charge in [0.15, 0.2) is 0 Å². The van der Waals surface area contributed by atoms with Crippen molar-refractivity contribution in [1.82, 2.24) is 4.90 Å². The number of amides is 1. The fourth-order valence-electron chi connectivity index (χ4n) is 2.51. The molecular formula is C15H18INO3. The van der Waals surface area contributed by atoms with Crippen LogP contribution in [0.2, 0.25) is 0 Å². The smallest absolute Gasteiger partial charge is 0.307 e. The van der Waals surface area contributed by atoms with Crippen molar-refractivity contribution < 1.29 is 14.3 Å². The molecule has 0 saturated carbocycles. The van der Waals surface area contributed by atoms with Crippen LogP contribution in [0.3, 0.4) is 0 Å². The Morgan fingerprint density at radius 2 is 2.00 bits per heavy atom. The molecule has 1 aromatic rings. The van der Waals surface area contributed by atoms with Gasteiger partial charge in [0.25, 0.3) is 5.91 Å². The lowest BCUT2D eigenvalue weighted by molar-refractivity contribution is -0.142. The first-order chi connectivity index (χ1) is 9.61. The second-order valence-electron chi connectivity index (χ2n) is 4.94. The summed E-state index contributed by atoms with van der Waals surface area (Å²) in [5.41, 5.74) is 0.683. The van der Waals surface area contributed by atoms with Gasteiger partial charge in [0.2, 0.25) is 0 Å². The Balaban J connectivity index is 2.12. The maximum absolute atomic E-state index is 12.6. The minimum absolute atomic E-state index is 0.00926. The second-order valence-corrected chi connectivity index (χ2v) is 6.18. The summed E-state index contributed by atoms with van der Waals surface area (Å²) in [4.78, 5) is 25.9. The van der Waals surface area contributed by atoms with E-state index < -0.39 is 0 Å². The van der Waals surface area contributed by atoms with Crippen molar-refractivity contribution in [3.63, 3.8) is 0 Å². The maximum atomic E-state index is 12.6. The third-order valence-corrected chi connectivity index (χ3v) is 4.33. The SMILES string of the molecule is COC(=O)CC1CCCCN1C(=O)c1ccc(I)cc1. The van der Waals surface area contributed by atoms with Gasteiger partial charge >= 0.3 is 5.97 Å². The fraction of sp³-hybridized carbons (Fsp3) is 0.467. The number of hydrogen-bond acceptors (Lipinski definition) is 3. The Morgan fingerprint density at radius 3 is 2.65 bits per heavy atom. The van der Waals surface area contributed by atoms with E-state index >= 15 is 0 Å². The Bertz CT molecular complexity index is 486. The molecule has 1 fully saturated rings. The highest BCUT2D eigenvalue weighted by molar-refractivity contribution is 14.1. The van der Waals surface area contributed by atoms with E-state index in [9.17, 15) is 9.59 Å². The molecule has 1 atom stereocenters. The van der Waals surface area contributed by atoms with E-state index in [-0.39, 0.29) is 24.3 Å². The predicted molar refractivity (Wildman–Crippen MR) is 84.5 cm³/mol. The van der Waals surface area contributed by atoms with Gasteiger partial charge in [-0.25, -0.2) is 0 Å². The molecule has 1 unspecified atom stereocenters. The molecule has 1 aliphatic heterocycles. The molecule has 0 N–H and O–H groups in total. The lowest BCUT2D eigenvalue weighted by Gasteiger charge is -2.35. The average molecular weight is 387 g/mol. The summed E-state index contributed by atoms with van der Waals surface area (Å²) in [6.07, 6.45) is 3.20. The van der Waals surface area contributed by atoms with Gasteiger partial charge in [-0.2, -0.15) is 0 Å². The molecular weight excluding hydrogens is 369 g/mol. The number of carbonyl (C=O) groups excluding carboxylic acids is 2. The van der Waals surface area contributed by atoms with Crippen molar-refractivity contribution in [3.8, 4) is 0 Å². The number of nitrogens with zero attached hydrogens (tertiary/aromatic N) is 1. The molecule has 0 bridgehead atoms. The molecule has 4 nitrogen and oxygen atoms in total. The quantitative estimate of drug-likeness (QED) is 0.592. The first-order valence-electron chi connectivity index (χ1n) is 6.75. The van der Waals surface area contributed by atoms with Crippen LogP contribution in [-0.4, -0.2) is 36.5 Å². The first kappa shape index (κ1) is 15.3. The van der Waals surface area contributed by atoms with E-state index in [0.29, 0.717) is 12.1 Å². The van der Waals surface area contributed by atoms with Gasteiger partial charge in [-0.1, -0.05) is 0 Å². The standard InChI is InChI=1S/C15H18INO3/c1-20-14(18)10-13-4-2-3-9-17(13)15(19)11-5-7-12(16)8-6-11/h5-8,13H,2-4,9-10H2,1H3. The highest BCUT2D eigenvalue weighted by Gasteiger charge is 2.29. The maximum Gasteiger partial charge on any atom is 0.307 e. The molecule has 5 heteroatoms. The molecule has 2 rings (SSSR count). The van der Waals surface area contributed by atoms with Gasteiger partial charge in [-0.3, -0.25) is 9.59 Å². The Kier molecular flexibility index (Phi) is 5.39. The predicted octanol–water partition coefficient (Wildman–Crippen LogP) is 2.85. The summed E-state index contributed by atoms with van der Waals surface area (Å²) >= 11 is 2.21. The largest absolute Gasteiger partial charge is 0.469 e. The number of hydrogen-bond donors (Lipinski definition) is 0. The highest BCUT2D eigenvalue weighted by atomic mass is 127. The van der Waals surface area contributed by atoms with Crippen LogP contribution >= 0.6 is 22.6 Å². The molecule has 0 radical (unpaired) electrons. The number of esters is 1. The number of halogens is 1. The Morgan fingerprint density at radius 1 is 1.30 bits per heavy atom. The zero-order chi connectivity index (χ0) is 14.5. The van der Waals surface area contributed by atoms with Gasteiger partial charge in [0, 0.05) is 21.7 Å². The lowest BCUT2D eigenvalue weighted by Crippen LogP contribution is -2.44.